The van der Waals surface area contributed by atoms with Gasteiger partial charge in [0.25, 0.3) is 0 Å². The van der Waals surface area contributed by atoms with Crippen molar-refractivity contribution in [3.63, 3.8) is 0 Å². The van der Waals surface area contributed by atoms with Crippen LogP contribution in [-0.4, -0.2) is 74.1 Å². The van der Waals surface area contributed by atoms with E-state index in [1.807, 2.05) is 7.05 Å². The summed E-state index contributed by atoms with van der Waals surface area (Å²) in [5, 5.41) is 20.9. The van der Waals surface area contributed by atoms with E-state index >= 15 is 0 Å². The van der Waals surface area contributed by atoms with Gasteiger partial charge in [-0.3, -0.25) is 9.36 Å². The molecule has 3 heterocycles. The molecule has 2 aromatic heterocycles. The zero-order valence-corrected chi connectivity index (χ0v) is 14.7. The number of fused-ring (bicyclic) bond motifs is 1. The molecule has 1 unspecified atom stereocenters. The number of aromatic nitrogens is 4. The lowest BCUT2D eigenvalue weighted by molar-refractivity contribution is -0.882. The summed E-state index contributed by atoms with van der Waals surface area (Å²) < 4.78 is 7.53. The number of hydrogen-bond acceptors (Lipinski definition) is 8. The number of nitrogens with zero attached hydrogens (tertiary/aromatic N) is 4. The lowest BCUT2D eigenvalue weighted by Crippen LogP contribution is -3.10. The normalized spacial score (nSPS) is 27.1. The highest BCUT2D eigenvalue weighted by molar-refractivity contribution is 5.81. The standard InChI is InChI=1S/C15H23N7O4/c1-7-20-10-13(17)18-6-19-14(10)22(7)15-12(25)11(24)8(26-15)5-21(2)4-3-9(16)23/h6,8,11-12,15,24-25H,3-5H2,1-2H3,(H2,16,23)(H2,17,18,19)/p+1/t8-,11-,12-,15-/m1/s1. The number of amides is 1. The highest BCUT2D eigenvalue weighted by atomic mass is 16.6. The van der Waals surface area contributed by atoms with E-state index in [4.69, 9.17) is 16.2 Å². The number of aliphatic hydroxyl groups is 2. The van der Waals surface area contributed by atoms with Crippen molar-refractivity contribution in [2.45, 2.75) is 37.9 Å². The molecule has 1 aliphatic heterocycles. The van der Waals surface area contributed by atoms with Crippen LogP contribution in [0.15, 0.2) is 6.33 Å². The third-order valence-corrected chi connectivity index (χ3v) is 4.62. The van der Waals surface area contributed by atoms with Gasteiger partial charge in [-0.05, 0) is 6.92 Å². The zero-order valence-electron chi connectivity index (χ0n) is 14.7. The number of carbonyl (C=O) groups is 1. The first-order valence-electron chi connectivity index (χ1n) is 8.35. The minimum Gasteiger partial charge on any atom is -0.387 e. The topological polar surface area (TPSA) is 167 Å². The van der Waals surface area contributed by atoms with Crippen molar-refractivity contribution in [2.24, 2.45) is 5.73 Å². The van der Waals surface area contributed by atoms with Gasteiger partial charge in [0.2, 0.25) is 5.91 Å². The van der Waals surface area contributed by atoms with Gasteiger partial charge in [0.05, 0.1) is 20.0 Å². The number of likely N-dealkylation sites (N-methyl/N-ethyl adjacent to an activating group) is 1. The van der Waals surface area contributed by atoms with Gasteiger partial charge in [0.15, 0.2) is 23.2 Å². The van der Waals surface area contributed by atoms with E-state index in [0.717, 1.165) is 4.90 Å². The molecular formula is C15H24N7O4+. The number of anilines is 1. The van der Waals surface area contributed by atoms with Crippen molar-refractivity contribution >= 4 is 22.9 Å². The van der Waals surface area contributed by atoms with Gasteiger partial charge in [0.1, 0.15) is 37.0 Å². The second-order valence-electron chi connectivity index (χ2n) is 6.63. The first kappa shape index (κ1) is 18.5. The van der Waals surface area contributed by atoms with Crippen LogP contribution in [0.4, 0.5) is 5.82 Å². The Bertz CT molecular complexity index is 811. The molecule has 0 saturated carbocycles. The number of primary amides is 1. The molecule has 1 saturated heterocycles. The van der Waals surface area contributed by atoms with Crippen molar-refractivity contribution in [3.05, 3.63) is 12.2 Å². The zero-order chi connectivity index (χ0) is 19.0. The fourth-order valence-corrected chi connectivity index (χ4v) is 3.23. The number of ether oxygens (including phenoxy) is 1. The number of aryl methyl sites for hydroxylation is 1. The molecule has 1 amide bonds. The molecule has 11 heteroatoms. The van der Waals surface area contributed by atoms with Gasteiger partial charge < -0.3 is 31.3 Å². The number of aliphatic hydroxyl groups excluding tert-OH is 2. The maximum absolute atomic E-state index is 10.9. The number of nitrogen functional groups attached to an aromatic ring is 1. The molecule has 0 spiro atoms. The molecule has 2 aromatic rings. The van der Waals surface area contributed by atoms with E-state index in [1.54, 1.807) is 11.5 Å². The van der Waals surface area contributed by atoms with E-state index in [-0.39, 0.29) is 18.1 Å². The Morgan fingerprint density at radius 2 is 2.12 bits per heavy atom. The summed E-state index contributed by atoms with van der Waals surface area (Å²) in [6.45, 7) is 2.66. The van der Waals surface area contributed by atoms with Gasteiger partial charge in [-0.15, -0.1) is 0 Å². The summed E-state index contributed by atoms with van der Waals surface area (Å²) in [4.78, 5) is 24.3. The molecule has 0 radical (unpaired) electrons. The average molecular weight is 366 g/mol. The van der Waals surface area contributed by atoms with Crippen LogP contribution in [0.3, 0.4) is 0 Å². The summed E-state index contributed by atoms with van der Waals surface area (Å²) in [5.41, 5.74) is 11.8. The molecule has 1 fully saturated rings. The number of imidazole rings is 1. The third-order valence-electron chi connectivity index (χ3n) is 4.62. The number of nitrogens with two attached hydrogens (primary N) is 2. The first-order chi connectivity index (χ1) is 12.3. The molecule has 7 N–H and O–H groups in total. The van der Waals surface area contributed by atoms with Crippen LogP contribution in [0.25, 0.3) is 11.2 Å². The Labute approximate surface area is 149 Å². The molecule has 0 aromatic carbocycles. The van der Waals surface area contributed by atoms with Gasteiger partial charge >= 0.3 is 0 Å². The fourth-order valence-electron chi connectivity index (χ4n) is 3.23. The summed E-state index contributed by atoms with van der Waals surface area (Å²) >= 11 is 0. The van der Waals surface area contributed by atoms with E-state index in [1.165, 1.54) is 6.33 Å². The molecule has 11 nitrogen and oxygen atoms in total. The van der Waals surface area contributed by atoms with Crippen LogP contribution in [-0.2, 0) is 9.53 Å². The predicted octanol–water partition coefficient (Wildman–Crippen LogP) is -3.27. The van der Waals surface area contributed by atoms with Crippen molar-refractivity contribution in [2.75, 3.05) is 25.9 Å². The molecule has 0 aliphatic carbocycles. The highest BCUT2D eigenvalue weighted by Crippen LogP contribution is 2.32. The largest absolute Gasteiger partial charge is 0.387 e. The number of rotatable bonds is 6. The molecular weight excluding hydrogens is 342 g/mol. The molecule has 3 rings (SSSR count). The monoisotopic (exact) mass is 366 g/mol. The smallest absolute Gasteiger partial charge is 0.223 e. The first-order valence-corrected chi connectivity index (χ1v) is 8.35. The van der Waals surface area contributed by atoms with E-state index < -0.39 is 24.5 Å². The van der Waals surface area contributed by atoms with Crippen LogP contribution in [0, 0.1) is 6.92 Å². The Hall–Kier alpha value is -2.34. The molecule has 0 bridgehead atoms. The lowest BCUT2D eigenvalue weighted by Gasteiger charge is -2.20. The number of hydrogen-bond donors (Lipinski definition) is 5. The van der Waals surface area contributed by atoms with Crippen molar-refractivity contribution in [1.29, 1.82) is 0 Å². The Balaban J connectivity index is 1.81. The van der Waals surface area contributed by atoms with Gasteiger partial charge in [-0.1, -0.05) is 0 Å². The second kappa shape index (κ2) is 7.11. The number of carbonyl (C=O) groups excluding carboxylic acids is 1. The third kappa shape index (κ3) is 3.33. The van der Waals surface area contributed by atoms with Gasteiger partial charge in [-0.25, -0.2) is 15.0 Å². The van der Waals surface area contributed by atoms with E-state index in [9.17, 15) is 15.0 Å². The number of quaternary nitrogens is 1. The Kier molecular flexibility index (Phi) is 5.05. The van der Waals surface area contributed by atoms with E-state index in [0.29, 0.717) is 30.1 Å². The van der Waals surface area contributed by atoms with Crippen LogP contribution in [0.5, 0.6) is 0 Å². The minimum atomic E-state index is -1.16. The quantitative estimate of drug-likeness (QED) is 0.355. The molecule has 1 aliphatic rings. The van der Waals surface area contributed by atoms with E-state index in [2.05, 4.69) is 15.0 Å². The van der Waals surface area contributed by atoms with Gasteiger partial charge in [0, 0.05) is 0 Å². The molecule has 26 heavy (non-hydrogen) atoms. The maximum atomic E-state index is 10.9. The predicted molar refractivity (Wildman–Crippen MR) is 90.8 cm³/mol. The summed E-state index contributed by atoms with van der Waals surface area (Å²) in [6.07, 6.45) is -2.15. The Morgan fingerprint density at radius 1 is 1.38 bits per heavy atom. The average Bonchev–Trinajstić information content (AvgIpc) is 3.05. The van der Waals surface area contributed by atoms with Crippen molar-refractivity contribution in [1.82, 2.24) is 19.5 Å². The molecule has 5 atom stereocenters. The maximum Gasteiger partial charge on any atom is 0.223 e. The molecule has 142 valence electrons. The summed E-state index contributed by atoms with van der Waals surface area (Å²) in [6, 6.07) is 0. The summed E-state index contributed by atoms with van der Waals surface area (Å²) in [7, 11) is 1.87. The SMILES string of the molecule is Cc1nc2c(N)ncnc2n1[C@@H]1O[C@H](C[NH+](C)CCC(N)=O)[C@@H](O)[C@H]1O. The Morgan fingerprint density at radius 3 is 2.81 bits per heavy atom. The second-order valence-corrected chi connectivity index (χ2v) is 6.63. The van der Waals surface area contributed by atoms with Crippen LogP contribution >= 0.6 is 0 Å². The van der Waals surface area contributed by atoms with Crippen molar-refractivity contribution < 1.29 is 24.6 Å². The summed E-state index contributed by atoms with van der Waals surface area (Å²) in [5.74, 6) is 0.392. The minimum absolute atomic E-state index is 0.233. The van der Waals surface area contributed by atoms with Gasteiger partial charge in [-0.2, -0.15) is 0 Å². The highest BCUT2D eigenvalue weighted by Gasteiger charge is 2.46. The van der Waals surface area contributed by atoms with Crippen molar-refractivity contribution in [3.8, 4) is 0 Å². The number of nitrogens with one attached hydrogen (secondary N) is 1. The fraction of sp³-hybridized carbons (Fsp3) is 0.600. The van der Waals surface area contributed by atoms with Crippen LogP contribution < -0.4 is 16.4 Å². The van der Waals surface area contributed by atoms with Crippen LogP contribution in [0.2, 0.25) is 0 Å². The van der Waals surface area contributed by atoms with Crippen LogP contribution in [0.1, 0.15) is 18.5 Å². The lowest BCUT2D eigenvalue weighted by atomic mass is 10.1.